The number of likely N-dealkylation sites (tertiary alicyclic amines) is 1. The largest absolute Gasteiger partial charge is 0.338 e. The summed E-state index contributed by atoms with van der Waals surface area (Å²) >= 11 is 0. The van der Waals surface area contributed by atoms with Crippen molar-refractivity contribution in [2.75, 3.05) is 19.6 Å². The van der Waals surface area contributed by atoms with E-state index in [4.69, 9.17) is 10.3 Å². The molecule has 3 rings (SSSR count). The average molecular weight is 323 g/mol. The highest BCUT2D eigenvalue weighted by Crippen LogP contribution is 2.21. The fraction of sp³-hybridized carbons (Fsp3) is 0.500. The Balaban J connectivity index is 0.00000176. The molecule has 0 bridgehead atoms. The first kappa shape index (κ1) is 16.9. The lowest BCUT2D eigenvalue weighted by Gasteiger charge is -2.31. The molecule has 22 heavy (non-hydrogen) atoms. The second-order valence-corrected chi connectivity index (χ2v) is 5.70. The predicted octanol–water partition coefficient (Wildman–Crippen LogP) is 2.72. The number of nitrogens with zero attached hydrogens (tertiary/aromatic N) is 3. The van der Waals surface area contributed by atoms with Gasteiger partial charge in [0.05, 0.1) is 6.54 Å². The molecule has 1 fully saturated rings. The van der Waals surface area contributed by atoms with Crippen molar-refractivity contribution in [3.05, 3.63) is 36.2 Å². The third kappa shape index (κ3) is 4.29. The van der Waals surface area contributed by atoms with Gasteiger partial charge >= 0.3 is 0 Å². The third-order valence-corrected chi connectivity index (χ3v) is 4.04. The number of halogens is 1. The van der Waals surface area contributed by atoms with Crippen molar-refractivity contribution >= 4 is 12.4 Å². The van der Waals surface area contributed by atoms with Crippen molar-refractivity contribution in [2.45, 2.75) is 25.8 Å². The van der Waals surface area contributed by atoms with Gasteiger partial charge in [-0.15, -0.1) is 12.4 Å². The summed E-state index contributed by atoms with van der Waals surface area (Å²) in [5.74, 6) is 2.07. The lowest BCUT2D eigenvalue weighted by Crippen LogP contribution is -2.35. The number of hydrogen-bond acceptors (Lipinski definition) is 5. The van der Waals surface area contributed by atoms with Gasteiger partial charge in [-0.3, -0.25) is 4.90 Å². The fourth-order valence-electron chi connectivity index (χ4n) is 2.98. The summed E-state index contributed by atoms with van der Waals surface area (Å²) in [6.45, 7) is 3.70. The first-order valence-corrected chi connectivity index (χ1v) is 7.65. The maximum atomic E-state index is 5.67. The second-order valence-electron chi connectivity index (χ2n) is 5.70. The molecule has 2 aromatic rings. The van der Waals surface area contributed by atoms with E-state index in [1.165, 1.54) is 12.8 Å². The number of piperidine rings is 1. The normalized spacial score (nSPS) is 18.9. The van der Waals surface area contributed by atoms with Gasteiger partial charge in [0, 0.05) is 12.1 Å². The first-order valence-electron chi connectivity index (χ1n) is 7.65. The molecule has 6 heteroatoms. The molecule has 1 aromatic carbocycles. The van der Waals surface area contributed by atoms with E-state index in [0.717, 1.165) is 38.2 Å². The van der Waals surface area contributed by atoms with E-state index in [2.05, 4.69) is 15.0 Å². The molecule has 1 aromatic heterocycles. The molecule has 1 aliphatic rings. The molecule has 2 N–H and O–H groups in total. The standard InChI is InChI=1S/C16H22N4O.ClH/c17-9-8-13-5-4-10-20(11-13)12-15-18-16(19-21-15)14-6-2-1-3-7-14;/h1-3,6-7,13H,4-5,8-12,17H2;1H. The molecule has 1 saturated heterocycles. The lowest BCUT2D eigenvalue weighted by molar-refractivity contribution is 0.146. The number of nitrogens with two attached hydrogens (primary N) is 1. The molecule has 0 radical (unpaired) electrons. The summed E-state index contributed by atoms with van der Waals surface area (Å²) in [5, 5.41) is 4.07. The minimum atomic E-state index is 0. The molecule has 0 spiro atoms. The van der Waals surface area contributed by atoms with Crippen molar-refractivity contribution in [3.8, 4) is 11.4 Å². The number of hydrogen-bond donors (Lipinski definition) is 1. The molecule has 1 aliphatic heterocycles. The van der Waals surface area contributed by atoms with Crippen molar-refractivity contribution in [1.29, 1.82) is 0 Å². The summed E-state index contributed by atoms with van der Waals surface area (Å²) in [6, 6.07) is 9.93. The van der Waals surface area contributed by atoms with E-state index in [1.54, 1.807) is 0 Å². The van der Waals surface area contributed by atoms with Crippen molar-refractivity contribution in [3.63, 3.8) is 0 Å². The van der Waals surface area contributed by atoms with E-state index in [9.17, 15) is 0 Å². The number of aromatic nitrogens is 2. The van der Waals surface area contributed by atoms with Crippen LogP contribution in [-0.4, -0.2) is 34.7 Å². The highest BCUT2D eigenvalue weighted by Gasteiger charge is 2.21. The molecule has 0 saturated carbocycles. The van der Waals surface area contributed by atoms with Crippen molar-refractivity contribution in [1.82, 2.24) is 15.0 Å². The zero-order chi connectivity index (χ0) is 14.5. The topological polar surface area (TPSA) is 68.2 Å². The van der Waals surface area contributed by atoms with Crippen LogP contribution in [0, 0.1) is 5.92 Å². The quantitative estimate of drug-likeness (QED) is 0.916. The molecule has 0 amide bonds. The van der Waals surface area contributed by atoms with Gasteiger partial charge in [0.15, 0.2) is 0 Å². The van der Waals surface area contributed by atoms with Gasteiger partial charge in [-0.1, -0.05) is 35.5 Å². The molecule has 120 valence electrons. The third-order valence-electron chi connectivity index (χ3n) is 4.04. The summed E-state index contributed by atoms with van der Waals surface area (Å²) in [6.07, 6.45) is 3.62. The van der Waals surface area contributed by atoms with Crippen LogP contribution >= 0.6 is 12.4 Å². The molecule has 1 atom stereocenters. The Bertz CT molecular complexity index is 558. The number of benzene rings is 1. The van der Waals surface area contributed by atoms with Gasteiger partial charge in [-0.2, -0.15) is 4.98 Å². The highest BCUT2D eigenvalue weighted by molar-refractivity contribution is 5.85. The van der Waals surface area contributed by atoms with Crippen molar-refractivity contribution < 1.29 is 4.52 Å². The van der Waals surface area contributed by atoms with Crippen LogP contribution in [0.15, 0.2) is 34.9 Å². The van der Waals surface area contributed by atoms with E-state index < -0.39 is 0 Å². The second kappa shape index (κ2) is 8.27. The molecule has 1 unspecified atom stereocenters. The van der Waals surface area contributed by atoms with Crippen LogP contribution in [-0.2, 0) is 6.54 Å². The van der Waals surface area contributed by atoms with Crippen LogP contribution in [0.2, 0.25) is 0 Å². The molecular formula is C16H23ClN4O. The summed E-state index contributed by atoms with van der Waals surface area (Å²) < 4.78 is 5.39. The van der Waals surface area contributed by atoms with Gasteiger partial charge in [-0.05, 0) is 38.3 Å². The zero-order valence-corrected chi connectivity index (χ0v) is 13.5. The molecule has 0 aliphatic carbocycles. The Morgan fingerprint density at radius 1 is 1.27 bits per heavy atom. The Morgan fingerprint density at radius 2 is 2.09 bits per heavy atom. The highest BCUT2D eigenvalue weighted by atomic mass is 35.5. The van der Waals surface area contributed by atoms with Gasteiger partial charge < -0.3 is 10.3 Å². The van der Waals surface area contributed by atoms with Crippen LogP contribution in [0.3, 0.4) is 0 Å². The predicted molar refractivity (Wildman–Crippen MR) is 88.7 cm³/mol. The van der Waals surface area contributed by atoms with Crippen LogP contribution in [0.4, 0.5) is 0 Å². The zero-order valence-electron chi connectivity index (χ0n) is 12.6. The summed E-state index contributed by atoms with van der Waals surface area (Å²) in [4.78, 5) is 6.90. The van der Waals surface area contributed by atoms with Gasteiger partial charge in [-0.25, -0.2) is 0 Å². The van der Waals surface area contributed by atoms with Gasteiger partial charge in [0.2, 0.25) is 11.7 Å². The van der Waals surface area contributed by atoms with E-state index in [0.29, 0.717) is 17.6 Å². The van der Waals surface area contributed by atoms with E-state index >= 15 is 0 Å². The average Bonchev–Trinajstić information content (AvgIpc) is 2.97. The fourth-order valence-corrected chi connectivity index (χ4v) is 2.98. The Kier molecular flexibility index (Phi) is 6.36. The minimum absolute atomic E-state index is 0. The Morgan fingerprint density at radius 3 is 2.86 bits per heavy atom. The maximum Gasteiger partial charge on any atom is 0.241 e. The molecular weight excluding hydrogens is 300 g/mol. The van der Waals surface area contributed by atoms with Crippen LogP contribution < -0.4 is 5.73 Å². The van der Waals surface area contributed by atoms with E-state index in [1.807, 2.05) is 30.3 Å². The lowest BCUT2D eigenvalue weighted by atomic mass is 9.95. The van der Waals surface area contributed by atoms with Crippen LogP contribution in [0.1, 0.15) is 25.2 Å². The smallest absolute Gasteiger partial charge is 0.241 e. The minimum Gasteiger partial charge on any atom is -0.338 e. The summed E-state index contributed by atoms with van der Waals surface area (Å²) in [5.41, 5.74) is 6.66. The molecule has 5 nitrogen and oxygen atoms in total. The Hall–Kier alpha value is -1.43. The first-order chi connectivity index (χ1) is 10.3. The monoisotopic (exact) mass is 322 g/mol. The van der Waals surface area contributed by atoms with Crippen LogP contribution in [0.25, 0.3) is 11.4 Å². The SMILES string of the molecule is Cl.NCCC1CCCN(Cc2nc(-c3ccccc3)no2)C1. The molecule has 2 heterocycles. The summed E-state index contributed by atoms with van der Waals surface area (Å²) in [7, 11) is 0. The maximum absolute atomic E-state index is 5.67. The van der Waals surface area contributed by atoms with Gasteiger partial charge in [0.25, 0.3) is 0 Å². The number of rotatable bonds is 5. The van der Waals surface area contributed by atoms with Crippen molar-refractivity contribution in [2.24, 2.45) is 11.7 Å². The van der Waals surface area contributed by atoms with E-state index in [-0.39, 0.29) is 12.4 Å². The van der Waals surface area contributed by atoms with Gasteiger partial charge in [0.1, 0.15) is 0 Å². The Labute approximate surface area is 137 Å². The van der Waals surface area contributed by atoms with Crippen LogP contribution in [0.5, 0.6) is 0 Å².